The molecule has 2 aromatic heterocycles. The van der Waals surface area contributed by atoms with Gasteiger partial charge in [0.15, 0.2) is 5.78 Å². The van der Waals surface area contributed by atoms with Crippen molar-refractivity contribution in [3.05, 3.63) is 56.2 Å². The summed E-state index contributed by atoms with van der Waals surface area (Å²) in [5.41, 5.74) is -0.113. The highest BCUT2D eigenvalue weighted by Crippen LogP contribution is 2.29. The van der Waals surface area contributed by atoms with Crippen molar-refractivity contribution in [2.45, 2.75) is 39.5 Å². The molecule has 0 spiro atoms. The Morgan fingerprint density at radius 2 is 1.93 bits per heavy atom. The number of rotatable bonds is 6. The molecule has 0 N–H and O–H groups in total. The Hall–Kier alpha value is -2.06. The number of aromatic nitrogens is 2. The smallest absolute Gasteiger partial charge is 0.383 e. The average molecular weight is 405 g/mol. The Morgan fingerprint density at radius 3 is 2.48 bits per heavy atom. The van der Waals surface area contributed by atoms with Gasteiger partial charge in [-0.2, -0.15) is 13.2 Å². The lowest BCUT2D eigenvalue weighted by molar-refractivity contribution is -0.138. The van der Waals surface area contributed by atoms with Crippen molar-refractivity contribution in [1.82, 2.24) is 9.13 Å². The third kappa shape index (κ3) is 4.44. The van der Waals surface area contributed by atoms with E-state index in [-0.39, 0.29) is 6.04 Å². The van der Waals surface area contributed by atoms with Gasteiger partial charge in [0, 0.05) is 30.3 Å². The minimum Gasteiger partial charge on any atom is -0.383 e. The fraction of sp³-hybridized carbons (Fsp3) is 0.444. The van der Waals surface area contributed by atoms with E-state index in [1.165, 1.54) is 0 Å². The SMILES string of the molecule is COCC(C)n1c(C)cc(C(=O)Cn2cc(C(F)(F)F)cc(Cl)c2=O)c1C. The van der Waals surface area contributed by atoms with Gasteiger partial charge < -0.3 is 13.9 Å². The van der Waals surface area contributed by atoms with Crippen LogP contribution in [0.15, 0.2) is 23.1 Å². The predicted octanol–water partition coefficient (Wildman–Crippen LogP) is 4.03. The highest BCUT2D eigenvalue weighted by Gasteiger charge is 2.32. The zero-order valence-corrected chi connectivity index (χ0v) is 16.1. The first-order chi connectivity index (χ1) is 12.5. The zero-order valence-electron chi connectivity index (χ0n) is 15.4. The lowest BCUT2D eigenvalue weighted by Crippen LogP contribution is -2.26. The minimum atomic E-state index is -4.67. The predicted molar refractivity (Wildman–Crippen MR) is 95.5 cm³/mol. The molecule has 9 heteroatoms. The maximum absolute atomic E-state index is 12.9. The Balaban J connectivity index is 2.40. The van der Waals surface area contributed by atoms with Crippen molar-refractivity contribution in [3.63, 3.8) is 0 Å². The van der Waals surface area contributed by atoms with E-state index in [2.05, 4.69) is 0 Å². The van der Waals surface area contributed by atoms with Gasteiger partial charge in [0.25, 0.3) is 5.56 Å². The summed E-state index contributed by atoms with van der Waals surface area (Å²) in [5, 5.41) is -0.586. The molecule has 1 unspecified atom stereocenters. The molecule has 1 atom stereocenters. The summed E-state index contributed by atoms with van der Waals surface area (Å²) in [6, 6.07) is 2.19. The van der Waals surface area contributed by atoms with Crippen molar-refractivity contribution >= 4 is 17.4 Å². The largest absolute Gasteiger partial charge is 0.417 e. The number of pyridine rings is 1. The van der Waals surface area contributed by atoms with Crippen molar-refractivity contribution in [1.29, 1.82) is 0 Å². The van der Waals surface area contributed by atoms with Crippen LogP contribution in [0.4, 0.5) is 13.2 Å². The van der Waals surface area contributed by atoms with Crippen LogP contribution in [-0.4, -0.2) is 28.6 Å². The van der Waals surface area contributed by atoms with E-state index in [1.54, 1.807) is 20.1 Å². The van der Waals surface area contributed by atoms with Crippen molar-refractivity contribution < 1.29 is 22.7 Å². The van der Waals surface area contributed by atoms with Gasteiger partial charge >= 0.3 is 6.18 Å². The summed E-state index contributed by atoms with van der Waals surface area (Å²) < 4.78 is 46.6. The molecule has 0 bridgehead atoms. The summed E-state index contributed by atoms with van der Waals surface area (Å²) in [6.07, 6.45) is -4.06. The topological polar surface area (TPSA) is 53.2 Å². The van der Waals surface area contributed by atoms with E-state index in [0.29, 0.717) is 34.7 Å². The number of methoxy groups -OCH3 is 1. The van der Waals surface area contributed by atoms with Crippen LogP contribution < -0.4 is 5.56 Å². The monoisotopic (exact) mass is 404 g/mol. The Bertz CT molecular complexity index is 916. The third-order valence-electron chi connectivity index (χ3n) is 4.32. The molecular formula is C18H20ClF3N2O3. The quantitative estimate of drug-likeness (QED) is 0.683. The third-order valence-corrected chi connectivity index (χ3v) is 4.59. The highest BCUT2D eigenvalue weighted by atomic mass is 35.5. The van der Waals surface area contributed by atoms with Gasteiger partial charge in [-0.15, -0.1) is 0 Å². The number of carbonyl (C=O) groups is 1. The van der Waals surface area contributed by atoms with Gasteiger partial charge in [0.2, 0.25) is 0 Å². The van der Waals surface area contributed by atoms with Crippen LogP contribution in [0.25, 0.3) is 0 Å². The number of ether oxygens (including phenoxy) is 1. The molecule has 0 fully saturated rings. The first-order valence-electron chi connectivity index (χ1n) is 8.15. The molecule has 0 aliphatic rings. The van der Waals surface area contributed by atoms with Crippen LogP contribution >= 0.6 is 11.6 Å². The van der Waals surface area contributed by atoms with Crippen LogP contribution in [0, 0.1) is 13.8 Å². The lowest BCUT2D eigenvalue weighted by Gasteiger charge is -2.17. The Labute approximate surface area is 159 Å². The second kappa shape index (κ2) is 7.90. The number of hydrogen-bond acceptors (Lipinski definition) is 3. The van der Waals surface area contributed by atoms with Crippen molar-refractivity contribution in [2.75, 3.05) is 13.7 Å². The van der Waals surface area contributed by atoms with E-state index in [1.807, 2.05) is 18.4 Å². The number of halogens is 4. The molecule has 2 aromatic rings. The molecule has 0 saturated heterocycles. The maximum atomic E-state index is 12.9. The molecule has 2 rings (SSSR count). The number of nitrogens with zero attached hydrogens (tertiary/aromatic N) is 2. The van der Waals surface area contributed by atoms with Crippen molar-refractivity contribution in [2.24, 2.45) is 0 Å². The standard InChI is InChI=1S/C18H20ClF3N2O3/c1-10-5-14(12(3)24(10)11(2)9-27-4)16(25)8-23-7-13(18(20,21)22)6-15(19)17(23)26/h5-7,11H,8-9H2,1-4H3. The first-order valence-corrected chi connectivity index (χ1v) is 8.53. The molecule has 148 valence electrons. The molecule has 5 nitrogen and oxygen atoms in total. The van der Waals surface area contributed by atoms with E-state index >= 15 is 0 Å². The van der Waals surface area contributed by atoms with E-state index in [9.17, 15) is 22.8 Å². The number of ketones is 1. The number of carbonyl (C=O) groups excluding carboxylic acids is 1. The molecular weight excluding hydrogens is 385 g/mol. The van der Waals surface area contributed by atoms with Gasteiger partial charge in [0.05, 0.1) is 24.8 Å². The summed E-state index contributed by atoms with van der Waals surface area (Å²) in [4.78, 5) is 24.7. The van der Waals surface area contributed by atoms with Gasteiger partial charge in [-0.1, -0.05) is 11.6 Å². The molecule has 0 aromatic carbocycles. The number of aryl methyl sites for hydroxylation is 1. The summed E-state index contributed by atoms with van der Waals surface area (Å²) in [6.45, 7) is 5.39. The first kappa shape index (κ1) is 21.2. The summed E-state index contributed by atoms with van der Waals surface area (Å²) in [5.74, 6) is -0.476. The molecule has 27 heavy (non-hydrogen) atoms. The summed E-state index contributed by atoms with van der Waals surface area (Å²) in [7, 11) is 1.57. The fourth-order valence-corrected chi connectivity index (χ4v) is 3.39. The van der Waals surface area contributed by atoms with Crippen LogP contribution in [0.5, 0.6) is 0 Å². The molecule has 0 saturated carbocycles. The van der Waals surface area contributed by atoms with Crippen LogP contribution in [0.1, 0.15) is 40.3 Å². The number of alkyl halides is 3. The Morgan fingerprint density at radius 1 is 1.30 bits per heavy atom. The van der Waals surface area contributed by atoms with Crippen LogP contribution in [0.3, 0.4) is 0 Å². The van der Waals surface area contributed by atoms with Gasteiger partial charge in [-0.25, -0.2) is 0 Å². The fourth-order valence-electron chi connectivity index (χ4n) is 3.16. The van der Waals surface area contributed by atoms with Crippen LogP contribution in [-0.2, 0) is 17.5 Å². The normalized spacial score (nSPS) is 13.0. The highest BCUT2D eigenvalue weighted by molar-refractivity contribution is 6.30. The summed E-state index contributed by atoms with van der Waals surface area (Å²) >= 11 is 5.63. The second-order valence-corrected chi connectivity index (χ2v) is 6.80. The molecule has 0 radical (unpaired) electrons. The van der Waals surface area contributed by atoms with E-state index in [4.69, 9.17) is 16.3 Å². The average Bonchev–Trinajstić information content (AvgIpc) is 2.85. The Kier molecular flexibility index (Phi) is 6.21. The van der Waals surface area contributed by atoms with E-state index < -0.39 is 34.6 Å². The number of Topliss-reactive ketones (excluding diaryl/α,β-unsaturated/α-hetero) is 1. The van der Waals surface area contributed by atoms with Gasteiger partial charge in [-0.05, 0) is 32.9 Å². The van der Waals surface area contributed by atoms with Crippen LogP contribution in [0.2, 0.25) is 5.02 Å². The molecule has 0 aliphatic carbocycles. The van der Waals surface area contributed by atoms with Crippen molar-refractivity contribution in [3.8, 4) is 0 Å². The minimum absolute atomic E-state index is 0.0257. The number of hydrogen-bond donors (Lipinski definition) is 0. The second-order valence-electron chi connectivity index (χ2n) is 6.39. The van der Waals surface area contributed by atoms with E-state index in [0.717, 1.165) is 5.69 Å². The maximum Gasteiger partial charge on any atom is 0.417 e. The zero-order chi connectivity index (χ0) is 20.5. The molecule has 0 amide bonds. The molecule has 2 heterocycles. The molecule has 0 aliphatic heterocycles. The van der Waals surface area contributed by atoms with Gasteiger partial charge in [0.1, 0.15) is 5.02 Å². The van der Waals surface area contributed by atoms with Gasteiger partial charge in [-0.3, -0.25) is 9.59 Å². The lowest BCUT2D eigenvalue weighted by atomic mass is 10.1.